The van der Waals surface area contributed by atoms with E-state index in [9.17, 15) is 0 Å². The molecule has 4 heteroatoms. The largest absolute Gasteiger partial charge is 0.387 e. The van der Waals surface area contributed by atoms with E-state index in [1.807, 2.05) is 6.92 Å². The fraction of sp³-hybridized carbons (Fsp3) is 0.917. The van der Waals surface area contributed by atoms with Crippen LogP contribution in [0.4, 0.5) is 0 Å². The first-order chi connectivity index (χ1) is 7.63. The van der Waals surface area contributed by atoms with Crippen molar-refractivity contribution in [2.24, 2.45) is 17.6 Å². The summed E-state index contributed by atoms with van der Waals surface area (Å²) in [6.07, 6.45) is 2.34. The Kier molecular flexibility index (Phi) is 5.77. The van der Waals surface area contributed by atoms with Crippen LogP contribution in [-0.4, -0.2) is 43.6 Å². The first-order valence-electron chi connectivity index (χ1n) is 6.27. The fourth-order valence-electron chi connectivity index (χ4n) is 2.11. The molecule has 0 radical (unpaired) electrons. The molecule has 4 nitrogen and oxygen atoms in total. The summed E-state index contributed by atoms with van der Waals surface area (Å²) in [7, 11) is 0. The average molecular weight is 227 g/mol. The molecule has 0 bridgehead atoms. The number of hydrogen-bond donors (Lipinski definition) is 2. The van der Waals surface area contributed by atoms with Crippen LogP contribution in [0.25, 0.3) is 0 Å². The Balaban J connectivity index is 2.32. The van der Waals surface area contributed by atoms with Gasteiger partial charge in [-0.1, -0.05) is 13.8 Å². The summed E-state index contributed by atoms with van der Waals surface area (Å²) in [5, 5.41) is 7.42. The molecule has 1 aliphatic heterocycles. The highest BCUT2D eigenvalue weighted by atomic mass is 16.5. The maximum atomic E-state index is 7.42. The van der Waals surface area contributed by atoms with Crippen LogP contribution in [-0.2, 0) is 4.74 Å². The monoisotopic (exact) mass is 227 g/mol. The van der Waals surface area contributed by atoms with E-state index >= 15 is 0 Å². The van der Waals surface area contributed by atoms with Gasteiger partial charge in [-0.2, -0.15) is 0 Å². The van der Waals surface area contributed by atoms with E-state index in [0.29, 0.717) is 5.84 Å². The van der Waals surface area contributed by atoms with Gasteiger partial charge in [0.25, 0.3) is 0 Å². The van der Waals surface area contributed by atoms with Gasteiger partial charge in [0.05, 0.1) is 5.84 Å². The average Bonchev–Trinajstić information content (AvgIpc) is 2.29. The highest BCUT2D eigenvalue weighted by Crippen LogP contribution is 2.16. The van der Waals surface area contributed by atoms with E-state index in [1.165, 1.54) is 12.8 Å². The predicted octanol–water partition coefficient (Wildman–Crippen LogP) is 1.31. The number of rotatable bonds is 6. The summed E-state index contributed by atoms with van der Waals surface area (Å²) < 4.78 is 5.36. The van der Waals surface area contributed by atoms with Crippen LogP contribution in [0.3, 0.4) is 0 Å². The summed E-state index contributed by atoms with van der Waals surface area (Å²) in [4.78, 5) is 2.40. The molecule has 1 saturated heterocycles. The van der Waals surface area contributed by atoms with Crippen molar-refractivity contribution in [1.82, 2.24) is 4.90 Å². The molecule has 0 amide bonds. The van der Waals surface area contributed by atoms with Gasteiger partial charge in [-0.3, -0.25) is 5.41 Å². The summed E-state index contributed by atoms with van der Waals surface area (Å²) in [5.74, 6) is 1.22. The molecule has 0 spiro atoms. The number of ether oxygens (including phenoxy) is 1. The molecule has 0 aromatic heterocycles. The van der Waals surface area contributed by atoms with Gasteiger partial charge in [-0.15, -0.1) is 0 Å². The van der Waals surface area contributed by atoms with E-state index in [-0.39, 0.29) is 5.92 Å². The van der Waals surface area contributed by atoms with E-state index in [2.05, 4.69) is 11.8 Å². The highest BCUT2D eigenvalue weighted by molar-refractivity contribution is 5.79. The second-order valence-corrected chi connectivity index (χ2v) is 4.76. The summed E-state index contributed by atoms with van der Waals surface area (Å²) in [6, 6.07) is 0. The van der Waals surface area contributed by atoms with Crippen molar-refractivity contribution in [3.05, 3.63) is 0 Å². The molecule has 0 aliphatic carbocycles. The van der Waals surface area contributed by atoms with Gasteiger partial charge < -0.3 is 15.4 Å². The van der Waals surface area contributed by atoms with Gasteiger partial charge in [0, 0.05) is 32.2 Å². The second-order valence-electron chi connectivity index (χ2n) is 4.76. The zero-order chi connectivity index (χ0) is 12.0. The summed E-state index contributed by atoms with van der Waals surface area (Å²) in [5.41, 5.74) is 5.51. The molecule has 3 N–H and O–H groups in total. The first-order valence-corrected chi connectivity index (χ1v) is 6.27. The lowest BCUT2D eigenvalue weighted by molar-refractivity contribution is 0.0524. The predicted molar refractivity (Wildman–Crippen MR) is 66.7 cm³/mol. The quantitative estimate of drug-likeness (QED) is 0.531. The minimum Gasteiger partial charge on any atom is -0.387 e. The number of nitrogens with two attached hydrogens (primary N) is 1. The molecule has 16 heavy (non-hydrogen) atoms. The molecule has 1 unspecified atom stereocenters. The number of nitrogens with zero attached hydrogens (tertiary/aromatic N) is 1. The molecular formula is C12H25N3O. The van der Waals surface area contributed by atoms with Gasteiger partial charge in [-0.25, -0.2) is 0 Å². The Morgan fingerprint density at radius 1 is 1.50 bits per heavy atom. The van der Waals surface area contributed by atoms with Crippen molar-refractivity contribution >= 4 is 5.84 Å². The molecule has 1 aliphatic rings. The zero-order valence-electron chi connectivity index (χ0n) is 10.5. The smallest absolute Gasteiger partial charge is 0.0947 e. The maximum absolute atomic E-state index is 7.42. The van der Waals surface area contributed by atoms with Crippen LogP contribution in [0.2, 0.25) is 0 Å². The minimum absolute atomic E-state index is 0.166. The lowest BCUT2D eigenvalue weighted by Gasteiger charge is -2.30. The third-order valence-electron chi connectivity index (χ3n) is 3.37. The van der Waals surface area contributed by atoms with E-state index in [0.717, 1.165) is 38.8 Å². The molecule has 1 rings (SSSR count). The molecule has 0 saturated carbocycles. The van der Waals surface area contributed by atoms with E-state index < -0.39 is 0 Å². The highest BCUT2D eigenvalue weighted by Gasteiger charge is 2.18. The summed E-state index contributed by atoms with van der Waals surface area (Å²) in [6.45, 7) is 9.08. The first kappa shape index (κ1) is 13.5. The Hall–Kier alpha value is -0.610. The van der Waals surface area contributed by atoms with Crippen molar-refractivity contribution < 1.29 is 4.74 Å². The van der Waals surface area contributed by atoms with Gasteiger partial charge >= 0.3 is 0 Å². The lowest BCUT2D eigenvalue weighted by Crippen LogP contribution is -2.38. The Morgan fingerprint density at radius 3 is 2.62 bits per heavy atom. The van der Waals surface area contributed by atoms with E-state index in [1.54, 1.807) is 0 Å². The third-order valence-corrected chi connectivity index (χ3v) is 3.37. The number of hydrogen-bond acceptors (Lipinski definition) is 3. The number of amidine groups is 1. The van der Waals surface area contributed by atoms with Crippen molar-refractivity contribution in [1.29, 1.82) is 5.41 Å². The van der Waals surface area contributed by atoms with Gasteiger partial charge in [-0.05, 0) is 25.3 Å². The normalized spacial score (nSPS) is 19.9. The lowest BCUT2D eigenvalue weighted by atomic mass is 9.99. The van der Waals surface area contributed by atoms with Crippen molar-refractivity contribution in [3.63, 3.8) is 0 Å². The van der Waals surface area contributed by atoms with Gasteiger partial charge in [0.2, 0.25) is 0 Å². The van der Waals surface area contributed by atoms with Crippen LogP contribution in [0, 0.1) is 17.2 Å². The molecular weight excluding hydrogens is 202 g/mol. The molecule has 94 valence electrons. The van der Waals surface area contributed by atoms with Crippen LogP contribution in [0.1, 0.15) is 26.7 Å². The Morgan fingerprint density at radius 2 is 2.12 bits per heavy atom. The fourth-order valence-corrected chi connectivity index (χ4v) is 2.11. The van der Waals surface area contributed by atoms with Crippen LogP contribution >= 0.6 is 0 Å². The minimum atomic E-state index is 0.166. The number of nitrogens with one attached hydrogen (secondary N) is 1. The topological polar surface area (TPSA) is 62.3 Å². The molecule has 1 fully saturated rings. The van der Waals surface area contributed by atoms with Crippen molar-refractivity contribution in [3.8, 4) is 0 Å². The van der Waals surface area contributed by atoms with Crippen LogP contribution in [0.15, 0.2) is 0 Å². The molecule has 1 atom stereocenters. The van der Waals surface area contributed by atoms with Crippen LogP contribution < -0.4 is 5.73 Å². The standard InChI is InChI=1S/C12H25N3O/c1-3-15(8-10(2)12(13)14)9-11-4-6-16-7-5-11/h10-11H,3-9H2,1-2H3,(H3,13,14). The van der Waals surface area contributed by atoms with E-state index in [4.69, 9.17) is 15.9 Å². The second kappa shape index (κ2) is 6.86. The molecule has 1 heterocycles. The van der Waals surface area contributed by atoms with Crippen molar-refractivity contribution in [2.75, 3.05) is 32.8 Å². The zero-order valence-corrected chi connectivity index (χ0v) is 10.5. The summed E-state index contributed by atoms with van der Waals surface area (Å²) >= 11 is 0. The molecule has 0 aromatic rings. The SMILES string of the molecule is CCN(CC1CCOCC1)CC(C)C(=N)N. The van der Waals surface area contributed by atoms with Crippen molar-refractivity contribution in [2.45, 2.75) is 26.7 Å². The van der Waals surface area contributed by atoms with Gasteiger partial charge in [0.15, 0.2) is 0 Å². The molecule has 0 aromatic carbocycles. The third kappa shape index (κ3) is 4.49. The van der Waals surface area contributed by atoms with Gasteiger partial charge in [0.1, 0.15) is 0 Å². The Labute approximate surface area is 98.6 Å². The Bertz CT molecular complexity index is 214. The maximum Gasteiger partial charge on any atom is 0.0947 e. The van der Waals surface area contributed by atoms with Crippen LogP contribution in [0.5, 0.6) is 0 Å².